The molecule has 0 radical (unpaired) electrons. The van der Waals surface area contributed by atoms with Gasteiger partial charge in [-0.1, -0.05) is 23.2 Å². The third kappa shape index (κ3) is 3.64. The summed E-state index contributed by atoms with van der Waals surface area (Å²) in [6, 6.07) is 4.38. The van der Waals surface area contributed by atoms with Gasteiger partial charge in [0.25, 0.3) is 0 Å². The van der Waals surface area contributed by atoms with E-state index in [4.69, 9.17) is 28.9 Å². The summed E-state index contributed by atoms with van der Waals surface area (Å²) in [6.07, 6.45) is -4.50. The lowest BCUT2D eigenvalue weighted by molar-refractivity contribution is -0.137. The number of benzene rings is 1. The average molecular weight is 323 g/mol. The molecule has 0 saturated carbocycles. The van der Waals surface area contributed by atoms with Crippen LogP contribution in [0.3, 0.4) is 0 Å². The molecule has 106 valence electrons. The van der Waals surface area contributed by atoms with Crippen molar-refractivity contribution in [2.24, 2.45) is 0 Å². The number of hydrogen-bond donors (Lipinski definition) is 2. The van der Waals surface area contributed by atoms with Crippen LogP contribution in [0.15, 0.2) is 24.3 Å². The quantitative estimate of drug-likeness (QED) is 0.816. The van der Waals surface area contributed by atoms with E-state index in [9.17, 15) is 13.2 Å². The van der Waals surface area contributed by atoms with Gasteiger partial charge >= 0.3 is 6.18 Å². The molecule has 0 bridgehead atoms. The summed E-state index contributed by atoms with van der Waals surface area (Å²) in [5.41, 5.74) is 4.63. The van der Waals surface area contributed by atoms with E-state index in [1.807, 2.05) is 0 Å². The predicted molar refractivity (Wildman–Crippen MR) is 71.2 cm³/mol. The fraction of sp³-hybridized carbons (Fsp3) is 0.0909. The van der Waals surface area contributed by atoms with E-state index in [0.29, 0.717) is 0 Å². The van der Waals surface area contributed by atoms with Crippen molar-refractivity contribution in [1.82, 2.24) is 9.97 Å². The molecule has 1 heterocycles. The predicted octanol–water partition coefficient (Wildman–Crippen LogP) is 4.13. The van der Waals surface area contributed by atoms with Crippen molar-refractivity contribution >= 4 is 40.7 Å². The zero-order chi connectivity index (χ0) is 14.9. The van der Waals surface area contributed by atoms with Crippen molar-refractivity contribution < 1.29 is 13.2 Å². The lowest BCUT2D eigenvalue weighted by Gasteiger charge is -2.11. The number of nitrogen functional groups attached to an aromatic ring is 1. The number of alkyl halides is 3. The molecule has 3 N–H and O–H groups in total. The molecule has 0 aliphatic carbocycles. The van der Waals surface area contributed by atoms with Gasteiger partial charge in [-0.05, 0) is 18.2 Å². The van der Waals surface area contributed by atoms with Gasteiger partial charge in [-0.15, -0.1) is 0 Å². The first-order valence-corrected chi connectivity index (χ1v) is 5.94. The van der Waals surface area contributed by atoms with Crippen molar-refractivity contribution in [3.05, 3.63) is 40.0 Å². The molecule has 4 nitrogen and oxygen atoms in total. The highest BCUT2D eigenvalue weighted by Crippen LogP contribution is 2.34. The van der Waals surface area contributed by atoms with Gasteiger partial charge in [0.05, 0.1) is 5.56 Å². The minimum atomic E-state index is -4.50. The number of aromatic nitrogens is 2. The van der Waals surface area contributed by atoms with E-state index in [1.165, 1.54) is 12.1 Å². The summed E-state index contributed by atoms with van der Waals surface area (Å²) >= 11 is 11.3. The minimum absolute atomic E-state index is 0.0598. The molecule has 0 unspecified atom stereocenters. The first kappa shape index (κ1) is 14.7. The van der Waals surface area contributed by atoms with Crippen LogP contribution in [-0.4, -0.2) is 9.97 Å². The number of hydrogen-bond acceptors (Lipinski definition) is 4. The number of nitrogens with two attached hydrogens (primary N) is 1. The number of nitrogens with one attached hydrogen (secondary N) is 1. The van der Waals surface area contributed by atoms with Gasteiger partial charge in [0.15, 0.2) is 0 Å². The number of nitrogens with zero attached hydrogens (tertiary/aromatic N) is 2. The van der Waals surface area contributed by atoms with Gasteiger partial charge in [0.2, 0.25) is 5.95 Å². The average Bonchev–Trinajstić information content (AvgIpc) is 2.25. The zero-order valence-electron chi connectivity index (χ0n) is 9.67. The van der Waals surface area contributed by atoms with E-state index in [1.54, 1.807) is 0 Å². The molecular formula is C11H7Cl2F3N4. The molecule has 20 heavy (non-hydrogen) atoms. The molecule has 0 amide bonds. The van der Waals surface area contributed by atoms with Crippen LogP contribution < -0.4 is 11.1 Å². The Labute approximate surface area is 121 Å². The summed E-state index contributed by atoms with van der Waals surface area (Å²) < 4.78 is 38.0. The van der Waals surface area contributed by atoms with Gasteiger partial charge in [0.1, 0.15) is 11.0 Å². The fourth-order valence-electron chi connectivity index (χ4n) is 1.47. The van der Waals surface area contributed by atoms with E-state index >= 15 is 0 Å². The van der Waals surface area contributed by atoms with Crippen LogP contribution in [0.4, 0.5) is 30.6 Å². The standard InChI is InChI=1S/C11H7Cl2F3N4/c12-6-1-5(11(14,15)16)2-7(3-6)18-9-4-8(13)19-10(17)20-9/h1-4H,(H3,17,18,19,20). The summed E-state index contributed by atoms with van der Waals surface area (Å²) in [4.78, 5) is 7.43. The Hall–Kier alpha value is -1.73. The van der Waals surface area contributed by atoms with Crippen molar-refractivity contribution in [2.45, 2.75) is 6.18 Å². The van der Waals surface area contributed by atoms with Gasteiger partial charge in [0, 0.05) is 16.8 Å². The van der Waals surface area contributed by atoms with Crippen LogP contribution in [0.2, 0.25) is 10.2 Å². The highest BCUT2D eigenvalue weighted by Gasteiger charge is 2.31. The lowest BCUT2D eigenvalue weighted by atomic mass is 10.2. The van der Waals surface area contributed by atoms with Crippen LogP contribution >= 0.6 is 23.2 Å². The van der Waals surface area contributed by atoms with Crippen LogP contribution in [0.25, 0.3) is 0 Å². The van der Waals surface area contributed by atoms with Gasteiger partial charge < -0.3 is 11.1 Å². The molecule has 0 aliphatic heterocycles. The third-order valence-corrected chi connectivity index (χ3v) is 2.62. The molecule has 1 aromatic carbocycles. The minimum Gasteiger partial charge on any atom is -0.368 e. The Morgan fingerprint density at radius 1 is 1.05 bits per heavy atom. The second kappa shape index (κ2) is 5.34. The van der Waals surface area contributed by atoms with Crippen LogP contribution in [0.5, 0.6) is 0 Å². The van der Waals surface area contributed by atoms with E-state index in [-0.39, 0.29) is 27.6 Å². The zero-order valence-corrected chi connectivity index (χ0v) is 11.2. The Morgan fingerprint density at radius 2 is 1.75 bits per heavy atom. The second-order valence-corrected chi connectivity index (χ2v) is 4.61. The number of rotatable bonds is 2. The maximum absolute atomic E-state index is 12.7. The van der Waals surface area contributed by atoms with E-state index < -0.39 is 11.7 Å². The summed E-state index contributed by atoms with van der Waals surface area (Å²) in [5, 5.41) is 2.65. The Bertz CT molecular complexity index is 626. The van der Waals surface area contributed by atoms with Crippen molar-refractivity contribution in [1.29, 1.82) is 0 Å². The number of anilines is 3. The van der Waals surface area contributed by atoms with E-state index in [0.717, 1.165) is 12.1 Å². The Kier molecular flexibility index (Phi) is 3.92. The first-order chi connectivity index (χ1) is 9.24. The normalized spacial score (nSPS) is 11.4. The summed E-state index contributed by atoms with van der Waals surface area (Å²) in [5.74, 6) is 0.0657. The molecule has 0 saturated heterocycles. The summed E-state index contributed by atoms with van der Waals surface area (Å²) in [7, 11) is 0. The maximum Gasteiger partial charge on any atom is 0.416 e. The lowest BCUT2D eigenvalue weighted by Crippen LogP contribution is -2.06. The second-order valence-electron chi connectivity index (χ2n) is 3.79. The molecule has 0 fully saturated rings. The van der Waals surface area contributed by atoms with Gasteiger partial charge in [-0.25, -0.2) is 4.98 Å². The monoisotopic (exact) mass is 322 g/mol. The molecule has 1 aromatic heterocycles. The molecule has 2 rings (SSSR count). The highest BCUT2D eigenvalue weighted by molar-refractivity contribution is 6.31. The molecule has 2 aromatic rings. The number of halogens is 5. The van der Waals surface area contributed by atoms with Crippen LogP contribution in [0.1, 0.15) is 5.56 Å². The summed E-state index contributed by atoms with van der Waals surface area (Å²) in [6.45, 7) is 0. The topological polar surface area (TPSA) is 63.8 Å². The first-order valence-electron chi connectivity index (χ1n) is 5.19. The Balaban J connectivity index is 2.36. The van der Waals surface area contributed by atoms with Crippen LogP contribution in [0, 0.1) is 0 Å². The van der Waals surface area contributed by atoms with Gasteiger partial charge in [-0.2, -0.15) is 18.2 Å². The highest BCUT2D eigenvalue weighted by atomic mass is 35.5. The molecule has 0 spiro atoms. The molecule has 9 heteroatoms. The molecule has 0 atom stereocenters. The maximum atomic E-state index is 12.7. The van der Waals surface area contributed by atoms with E-state index in [2.05, 4.69) is 15.3 Å². The SMILES string of the molecule is Nc1nc(Cl)cc(Nc2cc(Cl)cc(C(F)(F)F)c2)n1. The van der Waals surface area contributed by atoms with Gasteiger partial charge in [-0.3, -0.25) is 0 Å². The van der Waals surface area contributed by atoms with Crippen molar-refractivity contribution in [3.63, 3.8) is 0 Å². The smallest absolute Gasteiger partial charge is 0.368 e. The fourth-order valence-corrected chi connectivity index (χ4v) is 1.90. The van der Waals surface area contributed by atoms with Crippen molar-refractivity contribution in [2.75, 3.05) is 11.1 Å². The molecular weight excluding hydrogens is 316 g/mol. The van der Waals surface area contributed by atoms with Crippen molar-refractivity contribution in [3.8, 4) is 0 Å². The third-order valence-electron chi connectivity index (χ3n) is 2.21. The Morgan fingerprint density at radius 3 is 2.35 bits per heavy atom. The van der Waals surface area contributed by atoms with Crippen LogP contribution in [-0.2, 0) is 6.18 Å². The largest absolute Gasteiger partial charge is 0.416 e. The molecule has 0 aliphatic rings.